The minimum absolute atomic E-state index is 0.415. The van der Waals surface area contributed by atoms with Gasteiger partial charge in [0.2, 0.25) is 0 Å². The number of hydrogen-bond donors (Lipinski definition) is 4. The van der Waals surface area contributed by atoms with Gasteiger partial charge in [-0.3, -0.25) is 0 Å². The summed E-state index contributed by atoms with van der Waals surface area (Å²) in [7, 11) is 0. The molecule has 0 amide bonds. The van der Waals surface area contributed by atoms with Gasteiger partial charge in [0.1, 0.15) is 30.5 Å². The third-order valence-electron chi connectivity index (χ3n) is 6.85. The number of aliphatic hydroxyl groups excluding tert-OH is 4. The highest BCUT2D eigenvalue weighted by molar-refractivity contribution is 5.50. The van der Waals surface area contributed by atoms with Crippen LogP contribution < -0.4 is 0 Å². The highest BCUT2D eigenvalue weighted by Gasteiger charge is 2.44. The zero-order chi connectivity index (χ0) is 21.4. The largest absolute Gasteiger partial charge is 0.394 e. The van der Waals surface area contributed by atoms with Crippen molar-refractivity contribution in [3.05, 3.63) is 69.3 Å². The Bertz CT molecular complexity index is 889. The van der Waals surface area contributed by atoms with Crippen LogP contribution in [0.15, 0.2) is 30.3 Å². The summed E-state index contributed by atoms with van der Waals surface area (Å²) in [6.45, 7) is 3.78. The van der Waals surface area contributed by atoms with Crippen LogP contribution in [0.2, 0.25) is 0 Å². The van der Waals surface area contributed by atoms with Crippen molar-refractivity contribution in [2.24, 2.45) is 0 Å². The van der Waals surface area contributed by atoms with Crippen molar-refractivity contribution in [2.75, 3.05) is 6.61 Å². The van der Waals surface area contributed by atoms with E-state index in [-0.39, 0.29) is 0 Å². The maximum absolute atomic E-state index is 10.7. The smallest absolute Gasteiger partial charge is 0.113 e. The molecule has 0 radical (unpaired) electrons. The topological polar surface area (TPSA) is 90.2 Å². The summed E-state index contributed by atoms with van der Waals surface area (Å²) in [6, 6.07) is 10.8. The molecule has 4 rings (SSSR count). The summed E-state index contributed by atoms with van der Waals surface area (Å²) in [5, 5.41) is 40.7. The fourth-order valence-electron chi connectivity index (χ4n) is 4.99. The van der Waals surface area contributed by atoms with Crippen LogP contribution in [-0.2, 0) is 30.4 Å². The molecule has 0 saturated carbocycles. The molecule has 0 unspecified atom stereocenters. The third kappa shape index (κ3) is 3.81. The molecule has 4 N–H and O–H groups in total. The first kappa shape index (κ1) is 21.5. The lowest BCUT2D eigenvalue weighted by Crippen LogP contribution is -2.55. The fraction of sp³-hybridized carbons (Fsp3) is 0.520. The monoisotopic (exact) mass is 412 g/mol. The Hall–Kier alpha value is -1.76. The van der Waals surface area contributed by atoms with Gasteiger partial charge in [0, 0.05) is 0 Å². The van der Waals surface area contributed by atoms with E-state index in [1.165, 1.54) is 27.8 Å². The van der Waals surface area contributed by atoms with Crippen LogP contribution >= 0.6 is 0 Å². The van der Waals surface area contributed by atoms with Crippen molar-refractivity contribution < 1.29 is 25.2 Å². The fourth-order valence-corrected chi connectivity index (χ4v) is 4.99. The normalized spacial score (nSPS) is 28.5. The first-order valence-electron chi connectivity index (χ1n) is 11.0. The highest BCUT2D eigenvalue weighted by atomic mass is 16.5. The lowest BCUT2D eigenvalue weighted by molar-refractivity contribution is -0.231. The molecule has 30 heavy (non-hydrogen) atoms. The second-order valence-corrected chi connectivity index (χ2v) is 8.66. The van der Waals surface area contributed by atoms with Gasteiger partial charge in [0.25, 0.3) is 0 Å². The average molecular weight is 413 g/mol. The number of rotatable bonds is 5. The second kappa shape index (κ2) is 8.77. The first-order chi connectivity index (χ1) is 14.4. The van der Waals surface area contributed by atoms with Crippen molar-refractivity contribution in [1.82, 2.24) is 0 Å². The molecular formula is C25H32O5. The zero-order valence-corrected chi connectivity index (χ0v) is 17.7. The Morgan fingerprint density at radius 3 is 2.27 bits per heavy atom. The Labute approximate surface area is 178 Å². The first-order valence-corrected chi connectivity index (χ1v) is 11.0. The van der Waals surface area contributed by atoms with E-state index in [4.69, 9.17) is 4.74 Å². The lowest BCUT2D eigenvalue weighted by Gasteiger charge is -2.41. The van der Waals surface area contributed by atoms with Gasteiger partial charge in [0.15, 0.2) is 0 Å². The van der Waals surface area contributed by atoms with E-state index in [1.807, 2.05) is 6.92 Å². The van der Waals surface area contributed by atoms with Crippen LogP contribution in [0.5, 0.6) is 0 Å². The lowest BCUT2D eigenvalue weighted by atomic mass is 9.84. The molecule has 0 aromatic heterocycles. The van der Waals surface area contributed by atoms with E-state index in [0.29, 0.717) is 0 Å². The van der Waals surface area contributed by atoms with E-state index >= 15 is 0 Å². The van der Waals surface area contributed by atoms with Crippen molar-refractivity contribution in [2.45, 2.75) is 76.5 Å². The molecule has 5 nitrogen and oxygen atoms in total. The van der Waals surface area contributed by atoms with Gasteiger partial charge in [-0.2, -0.15) is 0 Å². The molecule has 162 valence electrons. The highest BCUT2D eigenvalue weighted by Crippen LogP contribution is 2.39. The quantitative estimate of drug-likeness (QED) is 0.604. The summed E-state index contributed by atoms with van der Waals surface area (Å²) < 4.78 is 5.88. The number of aliphatic hydroxyl groups is 4. The molecule has 1 fully saturated rings. The molecule has 1 saturated heterocycles. The molecule has 0 bridgehead atoms. The number of hydrogen-bond acceptors (Lipinski definition) is 5. The molecule has 1 aliphatic heterocycles. The maximum Gasteiger partial charge on any atom is 0.113 e. The summed E-state index contributed by atoms with van der Waals surface area (Å²) in [5.74, 6) is 0. The predicted octanol–water partition coefficient (Wildman–Crippen LogP) is 2.15. The van der Waals surface area contributed by atoms with E-state index in [1.54, 1.807) is 0 Å². The zero-order valence-electron chi connectivity index (χ0n) is 17.7. The summed E-state index contributed by atoms with van der Waals surface area (Å²) in [4.78, 5) is 0. The van der Waals surface area contributed by atoms with Crippen molar-refractivity contribution in [1.29, 1.82) is 0 Å². The Balaban J connectivity index is 1.72. The van der Waals surface area contributed by atoms with E-state index in [2.05, 4.69) is 37.3 Å². The van der Waals surface area contributed by atoms with Crippen molar-refractivity contribution in [3.63, 3.8) is 0 Å². The van der Waals surface area contributed by atoms with Crippen LogP contribution in [0, 0.1) is 6.92 Å². The van der Waals surface area contributed by atoms with Gasteiger partial charge >= 0.3 is 0 Å². The molecule has 2 aromatic carbocycles. The molecule has 2 aromatic rings. The number of benzene rings is 2. The standard InChI is InChI=1S/C25H32O5/c1-3-15-7-9-16(10-8-15)11-17-12-20(14(2)18-5-4-6-19(17)18)25-24(29)23(28)22(27)21(13-26)30-25/h7-10,12,21-29H,3-6,11,13H2,1-2H3/t21-,22-,23+,24-,25+/m1/s1. The van der Waals surface area contributed by atoms with E-state index in [0.717, 1.165) is 43.2 Å². The number of aryl methyl sites for hydroxylation is 1. The number of ether oxygens (including phenoxy) is 1. The third-order valence-corrected chi connectivity index (χ3v) is 6.85. The molecule has 1 aliphatic carbocycles. The van der Waals surface area contributed by atoms with Crippen LogP contribution in [-0.4, -0.2) is 51.4 Å². The van der Waals surface area contributed by atoms with Gasteiger partial charge in [-0.25, -0.2) is 0 Å². The Morgan fingerprint density at radius 2 is 1.60 bits per heavy atom. The van der Waals surface area contributed by atoms with Crippen molar-refractivity contribution >= 4 is 0 Å². The van der Waals surface area contributed by atoms with E-state index < -0.39 is 37.1 Å². The minimum atomic E-state index is -1.36. The second-order valence-electron chi connectivity index (χ2n) is 8.66. The molecule has 5 atom stereocenters. The van der Waals surface area contributed by atoms with Gasteiger partial charge in [0.05, 0.1) is 6.61 Å². The van der Waals surface area contributed by atoms with Crippen LogP contribution in [0.25, 0.3) is 0 Å². The molecule has 1 heterocycles. The summed E-state index contributed by atoms with van der Waals surface area (Å²) in [6.07, 6.45) is -0.668. The minimum Gasteiger partial charge on any atom is -0.394 e. The van der Waals surface area contributed by atoms with Gasteiger partial charge < -0.3 is 25.2 Å². The SMILES string of the molecule is CCc1ccc(Cc2cc([C@@H]3O[C@H](CO)[C@@H](O)[C@H](O)[C@H]3O)c(C)c3c2CCC3)cc1. The molecule has 5 heteroatoms. The van der Waals surface area contributed by atoms with Crippen LogP contribution in [0.1, 0.15) is 58.4 Å². The molecule has 0 spiro atoms. The van der Waals surface area contributed by atoms with E-state index in [9.17, 15) is 20.4 Å². The maximum atomic E-state index is 10.7. The molecular weight excluding hydrogens is 380 g/mol. The Morgan fingerprint density at radius 1 is 0.933 bits per heavy atom. The van der Waals surface area contributed by atoms with Gasteiger partial charge in [-0.15, -0.1) is 0 Å². The van der Waals surface area contributed by atoms with Crippen molar-refractivity contribution in [3.8, 4) is 0 Å². The average Bonchev–Trinajstić information content (AvgIpc) is 3.26. The predicted molar refractivity (Wildman–Crippen MR) is 115 cm³/mol. The van der Waals surface area contributed by atoms with Gasteiger partial charge in [-0.1, -0.05) is 37.3 Å². The summed E-state index contributed by atoms with van der Waals surface area (Å²) >= 11 is 0. The Kier molecular flexibility index (Phi) is 6.28. The van der Waals surface area contributed by atoms with Crippen LogP contribution in [0.3, 0.4) is 0 Å². The number of fused-ring (bicyclic) bond motifs is 1. The summed E-state index contributed by atoms with van der Waals surface area (Å²) in [5.41, 5.74) is 8.40. The molecule has 2 aliphatic rings. The van der Waals surface area contributed by atoms with Gasteiger partial charge in [-0.05, 0) is 78.0 Å². The van der Waals surface area contributed by atoms with Crippen LogP contribution in [0.4, 0.5) is 0 Å².